The van der Waals surface area contributed by atoms with Crippen LogP contribution in [0.25, 0.3) is 0 Å². The molecular weight excluding hydrogens is 456 g/mol. The fraction of sp³-hybridized carbons (Fsp3) is 0.250. The molecule has 4 rings (SSSR count). The Morgan fingerprint density at radius 3 is 2.38 bits per heavy atom. The number of methoxy groups -OCH3 is 1. The second-order valence-electron chi connectivity index (χ2n) is 7.47. The topological polar surface area (TPSA) is 103 Å². The van der Waals surface area contributed by atoms with E-state index in [2.05, 4.69) is 15.3 Å². The van der Waals surface area contributed by atoms with Gasteiger partial charge in [-0.2, -0.15) is 4.98 Å². The van der Waals surface area contributed by atoms with Crippen molar-refractivity contribution < 1.29 is 23.8 Å². The highest BCUT2D eigenvalue weighted by Gasteiger charge is 2.31. The van der Waals surface area contributed by atoms with Crippen LogP contribution in [-0.2, 0) is 11.2 Å². The van der Waals surface area contributed by atoms with Crippen LogP contribution in [0.3, 0.4) is 0 Å². The van der Waals surface area contributed by atoms with Crippen LogP contribution in [0.5, 0.6) is 23.1 Å². The number of ether oxygens (including phenoxy) is 3. The Morgan fingerprint density at radius 1 is 1.00 bits per heavy atom. The molecule has 1 unspecified atom stereocenters. The Labute approximate surface area is 201 Å². The van der Waals surface area contributed by atoms with Crippen molar-refractivity contribution in [2.24, 2.45) is 0 Å². The minimum Gasteiger partial charge on any atom is -0.497 e. The van der Waals surface area contributed by atoms with Crippen molar-refractivity contribution in [3.8, 4) is 23.1 Å². The maximum Gasteiger partial charge on any atom is 0.286 e. The maximum absolute atomic E-state index is 11.7. The van der Waals surface area contributed by atoms with E-state index >= 15 is 0 Å². The first-order valence-electron chi connectivity index (χ1n) is 10.6. The lowest BCUT2D eigenvalue weighted by molar-refractivity contribution is -0.118. The van der Waals surface area contributed by atoms with Crippen LogP contribution in [0.2, 0.25) is 0 Å². The molecule has 10 heteroatoms. The van der Waals surface area contributed by atoms with Gasteiger partial charge in [0.1, 0.15) is 23.9 Å². The van der Waals surface area contributed by atoms with Crippen molar-refractivity contribution in [3.05, 3.63) is 66.4 Å². The average Bonchev–Trinajstić information content (AvgIpc) is 3.17. The van der Waals surface area contributed by atoms with Crippen LogP contribution in [0.15, 0.2) is 60.8 Å². The van der Waals surface area contributed by atoms with Gasteiger partial charge in [0.2, 0.25) is 17.7 Å². The highest BCUT2D eigenvalue weighted by atomic mass is 32.2. The summed E-state index contributed by atoms with van der Waals surface area (Å²) in [6.07, 6.45) is 2.14. The van der Waals surface area contributed by atoms with Gasteiger partial charge in [-0.15, -0.1) is 0 Å². The lowest BCUT2D eigenvalue weighted by Crippen LogP contribution is -2.25. The van der Waals surface area contributed by atoms with E-state index in [-0.39, 0.29) is 16.4 Å². The number of carbonyl (C=O) groups is 2. The van der Waals surface area contributed by atoms with Crippen molar-refractivity contribution in [2.45, 2.75) is 11.7 Å². The van der Waals surface area contributed by atoms with Crippen LogP contribution in [0.1, 0.15) is 5.56 Å². The van der Waals surface area contributed by atoms with Gasteiger partial charge in [0.05, 0.1) is 18.9 Å². The molecule has 1 N–H and O–H groups in total. The SMILES string of the molecule is COc1ccc(Oc2ccnc(N(C)CCOc3ccc(CC4SC(=O)NC4=O)cc3)n2)cc1. The van der Waals surface area contributed by atoms with E-state index in [1.54, 1.807) is 19.4 Å². The van der Waals surface area contributed by atoms with Crippen LogP contribution >= 0.6 is 11.8 Å². The summed E-state index contributed by atoms with van der Waals surface area (Å²) in [4.78, 5) is 33.6. The first kappa shape index (κ1) is 23.4. The van der Waals surface area contributed by atoms with Crippen molar-refractivity contribution >= 4 is 28.9 Å². The Morgan fingerprint density at radius 2 is 1.71 bits per heavy atom. The van der Waals surface area contributed by atoms with Crippen molar-refractivity contribution in [2.75, 3.05) is 32.2 Å². The van der Waals surface area contributed by atoms with E-state index in [0.29, 0.717) is 42.9 Å². The molecule has 34 heavy (non-hydrogen) atoms. The van der Waals surface area contributed by atoms with E-state index in [1.165, 1.54) is 0 Å². The third-order valence-corrected chi connectivity index (χ3v) is 6.03. The van der Waals surface area contributed by atoms with Gasteiger partial charge in [-0.3, -0.25) is 14.9 Å². The summed E-state index contributed by atoms with van der Waals surface area (Å²) in [5, 5.41) is 1.63. The first-order chi connectivity index (χ1) is 16.5. The van der Waals surface area contributed by atoms with Gasteiger partial charge in [-0.05, 0) is 48.4 Å². The third kappa shape index (κ3) is 6.16. The summed E-state index contributed by atoms with van der Waals surface area (Å²) in [5.41, 5.74) is 0.967. The number of hydrogen-bond donors (Lipinski definition) is 1. The highest BCUT2D eigenvalue weighted by molar-refractivity contribution is 8.15. The van der Waals surface area contributed by atoms with Crippen LogP contribution in [-0.4, -0.2) is 53.7 Å². The maximum atomic E-state index is 11.7. The molecular formula is C24H24N4O5S. The molecule has 1 aromatic heterocycles. The van der Waals surface area contributed by atoms with Gasteiger partial charge in [0.15, 0.2) is 0 Å². The smallest absolute Gasteiger partial charge is 0.286 e. The molecule has 1 fully saturated rings. The summed E-state index contributed by atoms with van der Waals surface area (Å²) >= 11 is 1.03. The lowest BCUT2D eigenvalue weighted by atomic mass is 10.1. The number of amides is 2. The van der Waals surface area contributed by atoms with Gasteiger partial charge in [0.25, 0.3) is 5.24 Å². The van der Waals surface area contributed by atoms with Crippen molar-refractivity contribution in [3.63, 3.8) is 0 Å². The molecule has 0 bridgehead atoms. The molecule has 9 nitrogen and oxygen atoms in total. The summed E-state index contributed by atoms with van der Waals surface area (Å²) in [7, 11) is 3.49. The van der Waals surface area contributed by atoms with E-state index in [9.17, 15) is 9.59 Å². The quantitative estimate of drug-likeness (QED) is 0.465. The third-order valence-electron chi connectivity index (χ3n) is 5.05. The molecule has 176 valence electrons. The van der Waals surface area contributed by atoms with Crippen molar-refractivity contribution in [1.82, 2.24) is 15.3 Å². The summed E-state index contributed by atoms with van der Waals surface area (Å²) in [6, 6.07) is 16.5. The Balaban J connectivity index is 1.25. The zero-order chi connectivity index (χ0) is 23.9. The van der Waals surface area contributed by atoms with Gasteiger partial charge in [-0.25, -0.2) is 4.98 Å². The monoisotopic (exact) mass is 480 g/mol. The number of hydrogen-bond acceptors (Lipinski definition) is 9. The number of imide groups is 1. The van der Waals surface area contributed by atoms with E-state index in [1.807, 2.05) is 60.5 Å². The predicted molar refractivity (Wildman–Crippen MR) is 129 cm³/mol. The number of rotatable bonds is 10. The molecule has 2 aromatic carbocycles. The Bertz CT molecular complexity index is 1140. The number of carbonyl (C=O) groups excluding carboxylic acids is 2. The zero-order valence-corrected chi connectivity index (χ0v) is 19.6. The largest absolute Gasteiger partial charge is 0.497 e. The number of anilines is 1. The average molecular weight is 481 g/mol. The van der Waals surface area contributed by atoms with Crippen LogP contribution in [0, 0.1) is 0 Å². The van der Waals surface area contributed by atoms with E-state index < -0.39 is 0 Å². The van der Waals surface area contributed by atoms with E-state index in [4.69, 9.17) is 14.2 Å². The molecule has 1 aliphatic heterocycles. The Kier molecular flexibility index (Phi) is 7.48. The molecule has 1 atom stereocenters. The molecule has 1 aliphatic rings. The molecule has 2 heterocycles. The number of aromatic nitrogens is 2. The summed E-state index contributed by atoms with van der Waals surface area (Å²) in [5.74, 6) is 2.84. The fourth-order valence-electron chi connectivity index (χ4n) is 3.20. The molecule has 0 spiro atoms. The minimum absolute atomic E-state index is 0.237. The lowest BCUT2D eigenvalue weighted by Gasteiger charge is -2.18. The summed E-state index contributed by atoms with van der Waals surface area (Å²) < 4.78 is 16.8. The Hall–Kier alpha value is -3.79. The van der Waals surface area contributed by atoms with Crippen LogP contribution in [0.4, 0.5) is 10.7 Å². The van der Waals surface area contributed by atoms with E-state index in [0.717, 1.165) is 23.1 Å². The second-order valence-corrected chi connectivity index (χ2v) is 8.65. The summed E-state index contributed by atoms with van der Waals surface area (Å²) in [6.45, 7) is 0.993. The predicted octanol–water partition coefficient (Wildman–Crippen LogP) is 3.69. The number of thioether (sulfide) groups is 1. The van der Waals surface area contributed by atoms with Crippen molar-refractivity contribution in [1.29, 1.82) is 0 Å². The van der Waals surface area contributed by atoms with Gasteiger partial charge < -0.3 is 19.1 Å². The molecule has 0 aliphatic carbocycles. The van der Waals surface area contributed by atoms with Gasteiger partial charge in [0, 0.05) is 19.3 Å². The molecule has 3 aromatic rings. The minimum atomic E-state index is -0.377. The standard InChI is InChI=1S/C24H24N4O5S/c1-28(23-25-12-11-21(26-23)33-19-9-7-17(31-2)8-10-19)13-14-32-18-5-3-16(4-6-18)15-20-22(29)27-24(30)34-20/h3-12,20H,13-15H2,1-2H3,(H,27,29,30). The molecule has 2 amide bonds. The molecule has 1 saturated heterocycles. The molecule has 0 radical (unpaired) electrons. The van der Waals surface area contributed by atoms with Gasteiger partial charge in [-0.1, -0.05) is 23.9 Å². The number of likely N-dealkylation sites (N-methyl/N-ethyl adjacent to an activating group) is 1. The highest BCUT2D eigenvalue weighted by Crippen LogP contribution is 2.25. The number of nitrogens with one attached hydrogen (secondary N) is 1. The van der Waals surface area contributed by atoms with Crippen LogP contribution < -0.4 is 24.4 Å². The fourth-order valence-corrected chi connectivity index (χ4v) is 4.06. The van der Waals surface area contributed by atoms with Gasteiger partial charge >= 0.3 is 0 Å². The normalized spacial score (nSPS) is 15.1. The molecule has 0 saturated carbocycles. The second kappa shape index (κ2) is 10.9. The number of nitrogens with zero attached hydrogens (tertiary/aromatic N) is 3. The number of benzene rings is 2. The first-order valence-corrected chi connectivity index (χ1v) is 11.5. The zero-order valence-electron chi connectivity index (χ0n) is 18.8.